The molecule has 0 aliphatic rings. The molecule has 2 rings (SSSR count). The Bertz CT molecular complexity index is 883. The second-order valence-electron chi connectivity index (χ2n) is 7.88. The number of nitrogens with zero attached hydrogens (tertiary/aromatic N) is 1. The minimum Gasteiger partial charge on any atom is -0.483 e. The van der Waals surface area contributed by atoms with E-state index in [1.807, 2.05) is 52.8 Å². The summed E-state index contributed by atoms with van der Waals surface area (Å²) in [5.41, 5.74) is 2.80. The van der Waals surface area contributed by atoms with Gasteiger partial charge in [0.05, 0.1) is 0 Å². The maximum absolute atomic E-state index is 13.3. The maximum Gasteiger partial charge on any atom is 0.261 e. The Morgan fingerprint density at radius 1 is 1.06 bits per heavy atom. The number of hydrogen-bond donors (Lipinski definition) is 1. The van der Waals surface area contributed by atoms with Crippen molar-refractivity contribution in [2.45, 2.75) is 66.1 Å². The first kappa shape index (κ1) is 24.4. The van der Waals surface area contributed by atoms with Crippen molar-refractivity contribution < 1.29 is 18.7 Å². The Morgan fingerprint density at radius 2 is 1.74 bits per heavy atom. The number of rotatable bonds is 10. The molecule has 0 aliphatic heterocycles. The van der Waals surface area contributed by atoms with Crippen molar-refractivity contribution in [3.05, 3.63) is 65.0 Å². The van der Waals surface area contributed by atoms with Gasteiger partial charge in [-0.15, -0.1) is 0 Å². The number of halogens is 1. The van der Waals surface area contributed by atoms with E-state index in [9.17, 15) is 14.0 Å². The van der Waals surface area contributed by atoms with Crippen LogP contribution in [0.25, 0.3) is 0 Å². The van der Waals surface area contributed by atoms with Crippen molar-refractivity contribution in [1.29, 1.82) is 0 Å². The molecule has 6 heteroatoms. The van der Waals surface area contributed by atoms with Gasteiger partial charge in [-0.1, -0.05) is 38.1 Å². The molecule has 2 atom stereocenters. The Morgan fingerprint density at radius 3 is 2.35 bits per heavy atom. The molecule has 2 amide bonds. The molecule has 31 heavy (non-hydrogen) atoms. The van der Waals surface area contributed by atoms with Crippen LogP contribution in [-0.2, 0) is 16.1 Å². The molecule has 0 spiro atoms. The normalized spacial score (nSPS) is 12.7. The third kappa shape index (κ3) is 6.81. The number of aryl methyl sites for hydroxylation is 1. The summed E-state index contributed by atoms with van der Waals surface area (Å²) in [4.78, 5) is 27.6. The minimum atomic E-state index is -0.645. The van der Waals surface area contributed by atoms with Gasteiger partial charge in [-0.3, -0.25) is 9.59 Å². The SMILES string of the molecule is CC[C@H](C(=O)N[C@@H](C)CC)N(Cc1ccc(F)cc1)C(=O)COc1cccc(C)c1C. The number of carbonyl (C=O) groups is 2. The van der Waals surface area contributed by atoms with Crippen LogP contribution in [0.4, 0.5) is 4.39 Å². The molecule has 0 radical (unpaired) electrons. The van der Waals surface area contributed by atoms with Gasteiger partial charge in [-0.25, -0.2) is 4.39 Å². The third-order valence-corrected chi connectivity index (χ3v) is 5.56. The summed E-state index contributed by atoms with van der Waals surface area (Å²) in [7, 11) is 0. The van der Waals surface area contributed by atoms with Crippen molar-refractivity contribution in [3.8, 4) is 5.75 Å². The highest BCUT2D eigenvalue weighted by Gasteiger charge is 2.29. The van der Waals surface area contributed by atoms with E-state index in [0.29, 0.717) is 12.2 Å². The minimum absolute atomic E-state index is 0.00974. The second kappa shape index (κ2) is 11.5. The lowest BCUT2D eigenvalue weighted by atomic mass is 10.1. The summed E-state index contributed by atoms with van der Waals surface area (Å²) in [6.45, 7) is 9.74. The number of hydrogen-bond acceptors (Lipinski definition) is 3. The second-order valence-corrected chi connectivity index (χ2v) is 7.88. The van der Waals surface area contributed by atoms with Crippen LogP contribution >= 0.6 is 0 Å². The van der Waals surface area contributed by atoms with Gasteiger partial charge in [0, 0.05) is 12.6 Å². The fraction of sp³-hybridized carbons (Fsp3) is 0.440. The number of benzene rings is 2. The predicted molar refractivity (Wildman–Crippen MR) is 120 cm³/mol. The zero-order valence-corrected chi connectivity index (χ0v) is 19.1. The smallest absolute Gasteiger partial charge is 0.261 e. The summed E-state index contributed by atoms with van der Waals surface area (Å²) in [5, 5.41) is 2.97. The highest BCUT2D eigenvalue weighted by atomic mass is 19.1. The van der Waals surface area contributed by atoms with E-state index < -0.39 is 6.04 Å². The standard InChI is InChI=1S/C25H33FN2O3/c1-6-18(4)27-25(30)22(7-2)28(15-20-11-13-21(26)14-12-20)24(29)16-31-23-10-8-9-17(3)19(23)5/h8-14,18,22H,6-7,15-16H2,1-5H3,(H,27,30)/t18-,22+/m0/s1. The van der Waals surface area contributed by atoms with Crippen molar-refractivity contribution in [2.24, 2.45) is 0 Å². The van der Waals surface area contributed by atoms with Crippen LogP contribution in [0.1, 0.15) is 50.3 Å². The molecule has 0 heterocycles. The molecule has 0 unspecified atom stereocenters. The van der Waals surface area contributed by atoms with Gasteiger partial charge in [0.15, 0.2) is 6.61 Å². The van der Waals surface area contributed by atoms with E-state index >= 15 is 0 Å². The average Bonchev–Trinajstić information content (AvgIpc) is 2.75. The molecular formula is C25H33FN2O3. The Labute approximate surface area is 184 Å². The molecule has 0 aromatic heterocycles. The van der Waals surface area contributed by atoms with E-state index in [2.05, 4.69) is 5.32 Å². The predicted octanol–water partition coefficient (Wildman–Crippen LogP) is 4.54. The summed E-state index contributed by atoms with van der Waals surface area (Å²) < 4.78 is 19.1. The average molecular weight is 429 g/mol. The fourth-order valence-electron chi connectivity index (χ4n) is 3.25. The van der Waals surface area contributed by atoms with Crippen LogP contribution in [0.3, 0.4) is 0 Å². The highest BCUT2D eigenvalue weighted by molar-refractivity contribution is 5.88. The monoisotopic (exact) mass is 428 g/mol. The zero-order chi connectivity index (χ0) is 23.0. The van der Waals surface area contributed by atoms with Crippen molar-refractivity contribution in [3.63, 3.8) is 0 Å². The summed E-state index contributed by atoms with van der Waals surface area (Å²) in [5.74, 6) is -0.191. The van der Waals surface area contributed by atoms with E-state index in [-0.39, 0.29) is 36.8 Å². The summed E-state index contributed by atoms with van der Waals surface area (Å²) in [6.07, 6.45) is 1.25. The van der Waals surface area contributed by atoms with Gasteiger partial charge in [0.2, 0.25) is 5.91 Å². The van der Waals surface area contributed by atoms with E-state index in [1.54, 1.807) is 12.1 Å². The zero-order valence-electron chi connectivity index (χ0n) is 19.1. The third-order valence-electron chi connectivity index (χ3n) is 5.56. The first-order valence-corrected chi connectivity index (χ1v) is 10.8. The van der Waals surface area contributed by atoms with Crippen LogP contribution in [-0.4, -0.2) is 35.4 Å². The van der Waals surface area contributed by atoms with Gasteiger partial charge >= 0.3 is 0 Å². The fourth-order valence-corrected chi connectivity index (χ4v) is 3.25. The quantitative estimate of drug-likeness (QED) is 0.604. The molecule has 0 saturated heterocycles. The lowest BCUT2D eigenvalue weighted by Crippen LogP contribution is -2.51. The Kier molecular flexibility index (Phi) is 9.03. The molecular weight excluding hydrogens is 395 g/mol. The molecule has 2 aromatic rings. The number of ether oxygens (including phenoxy) is 1. The number of nitrogens with one attached hydrogen (secondary N) is 1. The Hall–Kier alpha value is -2.89. The van der Waals surface area contributed by atoms with Crippen molar-refractivity contribution >= 4 is 11.8 Å². The first-order chi connectivity index (χ1) is 14.8. The van der Waals surface area contributed by atoms with Crippen molar-refractivity contribution in [2.75, 3.05) is 6.61 Å². The van der Waals surface area contributed by atoms with Crippen molar-refractivity contribution in [1.82, 2.24) is 10.2 Å². The lowest BCUT2D eigenvalue weighted by Gasteiger charge is -2.31. The Balaban J connectivity index is 2.23. The largest absolute Gasteiger partial charge is 0.483 e. The van der Waals surface area contributed by atoms with Crippen LogP contribution in [0.2, 0.25) is 0 Å². The maximum atomic E-state index is 13.3. The molecule has 0 saturated carbocycles. The molecule has 1 N–H and O–H groups in total. The lowest BCUT2D eigenvalue weighted by molar-refractivity contribution is -0.143. The van der Waals surface area contributed by atoms with Crippen LogP contribution in [0.5, 0.6) is 5.75 Å². The van der Waals surface area contributed by atoms with E-state index in [1.165, 1.54) is 17.0 Å². The summed E-state index contributed by atoms with van der Waals surface area (Å²) in [6, 6.07) is 11.0. The topological polar surface area (TPSA) is 58.6 Å². The molecule has 168 valence electrons. The van der Waals surface area contributed by atoms with Gasteiger partial charge in [-0.05, 0) is 68.5 Å². The highest BCUT2D eigenvalue weighted by Crippen LogP contribution is 2.21. The van der Waals surface area contributed by atoms with Gasteiger partial charge in [-0.2, -0.15) is 0 Å². The molecule has 0 fully saturated rings. The van der Waals surface area contributed by atoms with E-state index in [0.717, 1.165) is 23.1 Å². The number of amides is 2. The van der Waals surface area contributed by atoms with Gasteiger partial charge < -0.3 is 15.0 Å². The van der Waals surface area contributed by atoms with Crippen LogP contribution in [0, 0.1) is 19.7 Å². The molecule has 2 aromatic carbocycles. The molecule has 5 nitrogen and oxygen atoms in total. The molecule has 0 bridgehead atoms. The molecule has 0 aliphatic carbocycles. The van der Waals surface area contributed by atoms with E-state index in [4.69, 9.17) is 4.74 Å². The first-order valence-electron chi connectivity index (χ1n) is 10.8. The summed E-state index contributed by atoms with van der Waals surface area (Å²) >= 11 is 0. The van der Waals surface area contributed by atoms with Crippen LogP contribution in [0.15, 0.2) is 42.5 Å². The van der Waals surface area contributed by atoms with Crippen LogP contribution < -0.4 is 10.1 Å². The van der Waals surface area contributed by atoms with Gasteiger partial charge in [0.25, 0.3) is 5.91 Å². The van der Waals surface area contributed by atoms with Gasteiger partial charge in [0.1, 0.15) is 17.6 Å². The number of carbonyl (C=O) groups excluding carboxylic acids is 2.